The van der Waals surface area contributed by atoms with Crippen LogP contribution < -0.4 is 5.32 Å². The van der Waals surface area contributed by atoms with E-state index in [1.54, 1.807) is 13.8 Å². The molecule has 0 bridgehead atoms. The summed E-state index contributed by atoms with van der Waals surface area (Å²) in [6, 6.07) is -2.21. The van der Waals surface area contributed by atoms with Crippen LogP contribution >= 0.6 is 0 Å². The number of carbonyl (C=O) groups excluding carboxylic acids is 2. The number of nitrogens with one attached hydrogen (secondary N) is 1. The van der Waals surface area contributed by atoms with Crippen LogP contribution in [0.4, 0.5) is 0 Å². The Balaban J connectivity index is 2.78. The van der Waals surface area contributed by atoms with E-state index in [2.05, 4.69) is 5.32 Å². The molecule has 1 unspecified atom stereocenters. The standard InChI is InChI=1S/C13H20N2O6/c1-7(2)9(13(20)21)14-10(16)11(17)15-6-4-3-5-8(15)12(18)19/h7-9H,3-6H2,1-2H3,(H,14,16)(H,18,19)(H,20,21)/t8-,9?/m1/s1. The third kappa shape index (κ3) is 4.17. The maximum absolute atomic E-state index is 12.1. The number of piperidine rings is 1. The van der Waals surface area contributed by atoms with Gasteiger partial charge in [0.25, 0.3) is 0 Å². The fourth-order valence-corrected chi connectivity index (χ4v) is 2.28. The van der Waals surface area contributed by atoms with E-state index in [9.17, 15) is 19.2 Å². The number of likely N-dealkylation sites (tertiary alicyclic amines) is 1. The molecular formula is C13H20N2O6. The molecule has 0 saturated carbocycles. The quantitative estimate of drug-likeness (QED) is 0.611. The van der Waals surface area contributed by atoms with Gasteiger partial charge >= 0.3 is 23.8 Å². The van der Waals surface area contributed by atoms with E-state index in [0.717, 1.165) is 4.90 Å². The van der Waals surface area contributed by atoms with Gasteiger partial charge in [0.2, 0.25) is 0 Å². The minimum absolute atomic E-state index is 0.183. The smallest absolute Gasteiger partial charge is 0.326 e. The van der Waals surface area contributed by atoms with Crippen molar-refractivity contribution < 1.29 is 29.4 Å². The van der Waals surface area contributed by atoms with Gasteiger partial charge in [-0.05, 0) is 25.2 Å². The van der Waals surface area contributed by atoms with Gasteiger partial charge in [0.1, 0.15) is 12.1 Å². The van der Waals surface area contributed by atoms with Crippen molar-refractivity contribution in [1.82, 2.24) is 10.2 Å². The molecule has 8 heteroatoms. The number of nitrogens with zero attached hydrogens (tertiary/aromatic N) is 1. The SMILES string of the molecule is CC(C)C(NC(=O)C(=O)N1CCCC[C@@H]1C(=O)O)C(=O)O. The Morgan fingerprint density at radius 1 is 1.14 bits per heavy atom. The van der Waals surface area contributed by atoms with E-state index in [1.165, 1.54) is 0 Å². The van der Waals surface area contributed by atoms with Crippen LogP contribution in [-0.4, -0.2) is 57.5 Å². The zero-order chi connectivity index (χ0) is 16.2. The van der Waals surface area contributed by atoms with Gasteiger partial charge in [0.15, 0.2) is 0 Å². The number of hydrogen-bond acceptors (Lipinski definition) is 4. The number of rotatable bonds is 4. The molecule has 0 aromatic rings. The van der Waals surface area contributed by atoms with Crippen LogP contribution in [0.3, 0.4) is 0 Å². The summed E-state index contributed by atoms with van der Waals surface area (Å²) in [4.78, 5) is 47.0. The highest BCUT2D eigenvalue weighted by molar-refractivity contribution is 6.35. The van der Waals surface area contributed by atoms with Crippen LogP contribution in [0.5, 0.6) is 0 Å². The number of carbonyl (C=O) groups is 4. The van der Waals surface area contributed by atoms with Crippen molar-refractivity contribution in [2.45, 2.75) is 45.2 Å². The first kappa shape index (κ1) is 16.9. The van der Waals surface area contributed by atoms with Gasteiger partial charge in [0, 0.05) is 6.54 Å². The zero-order valence-electron chi connectivity index (χ0n) is 12.0. The fourth-order valence-electron chi connectivity index (χ4n) is 2.28. The Labute approximate surface area is 122 Å². The molecular weight excluding hydrogens is 280 g/mol. The van der Waals surface area contributed by atoms with Crippen LogP contribution in [0.1, 0.15) is 33.1 Å². The third-order valence-corrected chi connectivity index (χ3v) is 3.46. The summed E-state index contributed by atoms with van der Waals surface area (Å²) >= 11 is 0. The van der Waals surface area contributed by atoms with Crippen molar-refractivity contribution in [3.63, 3.8) is 0 Å². The largest absolute Gasteiger partial charge is 0.480 e. The first-order valence-corrected chi connectivity index (χ1v) is 6.82. The molecule has 0 aromatic carbocycles. The lowest BCUT2D eigenvalue weighted by Gasteiger charge is -2.32. The van der Waals surface area contributed by atoms with E-state index in [1.807, 2.05) is 0 Å². The first-order chi connectivity index (χ1) is 9.75. The monoisotopic (exact) mass is 300 g/mol. The normalized spacial score (nSPS) is 20.0. The highest BCUT2D eigenvalue weighted by Crippen LogP contribution is 2.17. The number of carboxylic acid groups (broad SMARTS) is 2. The summed E-state index contributed by atoms with van der Waals surface area (Å²) in [5, 5.41) is 20.2. The second-order valence-corrected chi connectivity index (χ2v) is 5.38. The van der Waals surface area contributed by atoms with Gasteiger partial charge in [-0.2, -0.15) is 0 Å². The summed E-state index contributed by atoms with van der Waals surface area (Å²) in [5.41, 5.74) is 0. The molecule has 1 aliphatic rings. The van der Waals surface area contributed by atoms with Gasteiger partial charge in [-0.3, -0.25) is 9.59 Å². The molecule has 1 rings (SSSR count). The fraction of sp³-hybridized carbons (Fsp3) is 0.692. The zero-order valence-corrected chi connectivity index (χ0v) is 12.0. The van der Waals surface area contributed by atoms with Crippen LogP contribution in [0, 0.1) is 5.92 Å². The summed E-state index contributed by atoms with van der Waals surface area (Å²) < 4.78 is 0. The van der Waals surface area contributed by atoms with Crippen molar-refractivity contribution in [1.29, 1.82) is 0 Å². The van der Waals surface area contributed by atoms with E-state index in [0.29, 0.717) is 19.3 Å². The highest BCUT2D eigenvalue weighted by atomic mass is 16.4. The lowest BCUT2D eigenvalue weighted by atomic mass is 10.0. The molecule has 3 N–H and O–H groups in total. The number of hydrogen-bond donors (Lipinski definition) is 3. The summed E-state index contributed by atoms with van der Waals surface area (Å²) in [6.07, 6.45) is 1.59. The molecule has 1 fully saturated rings. The molecule has 1 aliphatic heterocycles. The average Bonchev–Trinajstić information content (AvgIpc) is 2.42. The van der Waals surface area contributed by atoms with E-state index < -0.39 is 41.8 Å². The molecule has 8 nitrogen and oxygen atoms in total. The number of aliphatic carboxylic acids is 2. The molecule has 1 heterocycles. The Hall–Kier alpha value is -2.12. The van der Waals surface area contributed by atoms with Gasteiger partial charge in [0.05, 0.1) is 0 Å². The first-order valence-electron chi connectivity index (χ1n) is 6.82. The topological polar surface area (TPSA) is 124 Å². The van der Waals surface area contributed by atoms with Crippen molar-refractivity contribution >= 4 is 23.8 Å². The molecule has 0 aromatic heterocycles. The Morgan fingerprint density at radius 3 is 2.24 bits per heavy atom. The lowest BCUT2D eigenvalue weighted by molar-refractivity contribution is -0.157. The second-order valence-electron chi connectivity index (χ2n) is 5.38. The van der Waals surface area contributed by atoms with Crippen molar-refractivity contribution in [3.8, 4) is 0 Å². The van der Waals surface area contributed by atoms with Crippen LogP contribution in [0.15, 0.2) is 0 Å². The van der Waals surface area contributed by atoms with Crippen molar-refractivity contribution in [3.05, 3.63) is 0 Å². The molecule has 2 atom stereocenters. The molecule has 118 valence electrons. The van der Waals surface area contributed by atoms with Gasteiger partial charge in [-0.1, -0.05) is 13.8 Å². The molecule has 0 spiro atoms. The third-order valence-electron chi connectivity index (χ3n) is 3.46. The highest BCUT2D eigenvalue weighted by Gasteiger charge is 2.36. The van der Waals surface area contributed by atoms with E-state index >= 15 is 0 Å². The van der Waals surface area contributed by atoms with Gasteiger partial charge in [-0.15, -0.1) is 0 Å². The van der Waals surface area contributed by atoms with Crippen molar-refractivity contribution in [2.24, 2.45) is 5.92 Å². The Morgan fingerprint density at radius 2 is 1.76 bits per heavy atom. The molecule has 1 saturated heterocycles. The minimum atomic E-state index is -1.24. The summed E-state index contributed by atoms with van der Waals surface area (Å²) in [5.74, 6) is -4.86. The lowest BCUT2D eigenvalue weighted by Crippen LogP contribution is -2.55. The summed E-state index contributed by atoms with van der Waals surface area (Å²) in [7, 11) is 0. The van der Waals surface area contributed by atoms with Gasteiger partial charge < -0.3 is 20.4 Å². The maximum atomic E-state index is 12.1. The molecule has 21 heavy (non-hydrogen) atoms. The number of carboxylic acids is 2. The minimum Gasteiger partial charge on any atom is -0.480 e. The predicted octanol–water partition coefficient (Wildman–Crippen LogP) is -0.322. The number of amides is 2. The predicted molar refractivity (Wildman–Crippen MR) is 71.4 cm³/mol. The van der Waals surface area contributed by atoms with E-state index in [-0.39, 0.29) is 6.54 Å². The molecule has 2 amide bonds. The summed E-state index contributed by atoms with van der Waals surface area (Å²) in [6.45, 7) is 3.39. The van der Waals surface area contributed by atoms with Crippen LogP contribution in [0.25, 0.3) is 0 Å². The molecule has 0 aliphatic carbocycles. The van der Waals surface area contributed by atoms with E-state index in [4.69, 9.17) is 10.2 Å². The second kappa shape index (κ2) is 7.05. The maximum Gasteiger partial charge on any atom is 0.326 e. The Bertz CT molecular complexity index is 448. The van der Waals surface area contributed by atoms with Crippen LogP contribution in [-0.2, 0) is 19.2 Å². The van der Waals surface area contributed by atoms with Crippen molar-refractivity contribution in [2.75, 3.05) is 6.54 Å². The average molecular weight is 300 g/mol. The molecule has 0 radical (unpaired) electrons. The Kier molecular flexibility index (Phi) is 5.69. The van der Waals surface area contributed by atoms with Gasteiger partial charge in [-0.25, -0.2) is 9.59 Å². The van der Waals surface area contributed by atoms with Crippen LogP contribution in [0.2, 0.25) is 0 Å².